The highest BCUT2D eigenvalue weighted by molar-refractivity contribution is 5.81. The molecule has 1 unspecified atom stereocenters. The van der Waals surface area contributed by atoms with E-state index in [4.69, 9.17) is 10.2 Å². The number of esters is 1. The molecule has 4 nitrogen and oxygen atoms in total. The van der Waals surface area contributed by atoms with E-state index in [9.17, 15) is 4.79 Å². The highest BCUT2D eigenvalue weighted by Crippen LogP contribution is 2.03. The van der Waals surface area contributed by atoms with Gasteiger partial charge in [-0.05, 0) is 0 Å². The highest BCUT2D eigenvalue weighted by Gasteiger charge is 2.22. The molecule has 0 fully saturated rings. The number of aliphatic hydroxyl groups excluding tert-OH is 1. The van der Waals surface area contributed by atoms with E-state index in [-0.39, 0.29) is 0 Å². The van der Waals surface area contributed by atoms with Gasteiger partial charge in [-0.1, -0.05) is 6.58 Å². The first-order valence-electron chi connectivity index (χ1n) is 2.70. The Kier molecular flexibility index (Phi) is 3.05. The van der Waals surface area contributed by atoms with Crippen LogP contribution in [0.5, 0.6) is 0 Å². The molecule has 0 aliphatic rings. The minimum Gasteiger partial charge on any atom is -0.428 e. The molecule has 0 spiro atoms. The average molecular weight is 146 g/mol. The minimum atomic E-state index is -1.80. The Morgan fingerprint density at radius 1 is 1.90 bits per heavy atom. The molecule has 58 valence electrons. The van der Waals surface area contributed by atoms with E-state index < -0.39 is 18.4 Å². The van der Waals surface area contributed by atoms with Crippen molar-refractivity contribution in [3.8, 4) is 0 Å². The number of hydrogen-bond acceptors (Lipinski definition) is 4. The SMILES string of the molecule is C=CC(=O)OC(C)(O)CO. The molecule has 0 rings (SSSR count). The molecule has 0 saturated carbocycles. The highest BCUT2D eigenvalue weighted by atomic mass is 16.7. The topological polar surface area (TPSA) is 66.8 Å². The summed E-state index contributed by atoms with van der Waals surface area (Å²) in [5.41, 5.74) is 0. The fraction of sp³-hybridized carbons (Fsp3) is 0.500. The van der Waals surface area contributed by atoms with Crippen molar-refractivity contribution in [2.24, 2.45) is 0 Å². The van der Waals surface area contributed by atoms with Gasteiger partial charge in [0, 0.05) is 13.0 Å². The summed E-state index contributed by atoms with van der Waals surface area (Å²) >= 11 is 0. The molecule has 0 aromatic heterocycles. The number of ether oxygens (including phenoxy) is 1. The van der Waals surface area contributed by atoms with Crippen molar-refractivity contribution in [2.75, 3.05) is 6.61 Å². The molecule has 2 N–H and O–H groups in total. The van der Waals surface area contributed by atoms with Gasteiger partial charge in [-0.2, -0.15) is 0 Å². The number of carbonyl (C=O) groups is 1. The number of carbonyl (C=O) groups excluding carboxylic acids is 1. The number of hydrogen-bond donors (Lipinski definition) is 2. The summed E-state index contributed by atoms with van der Waals surface area (Å²) in [4.78, 5) is 10.4. The molecule has 0 aliphatic heterocycles. The van der Waals surface area contributed by atoms with Crippen molar-refractivity contribution in [2.45, 2.75) is 12.7 Å². The van der Waals surface area contributed by atoms with Gasteiger partial charge in [-0.3, -0.25) is 0 Å². The van der Waals surface area contributed by atoms with E-state index in [1.165, 1.54) is 6.92 Å². The quantitative estimate of drug-likeness (QED) is 0.317. The number of rotatable bonds is 3. The zero-order valence-corrected chi connectivity index (χ0v) is 5.70. The molecular formula is C6H10O4. The molecule has 0 radical (unpaired) electrons. The third kappa shape index (κ3) is 3.21. The van der Waals surface area contributed by atoms with Crippen molar-refractivity contribution >= 4 is 5.97 Å². The summed E-state index contributed by atoms with van der Waals surface area (Å²) in [7, 11) is 0. The van der Waals surface area contributed by atoms with Crippen molar-refractivity contribution in [1.82, 2.24) is 0 Å². The van der Waals surface area contributed by atoms with Gasteiger partial charge in [0.2, 0.25) is 5.79 Å². The van der Waals surface area contributed by atoms with E-state index in [2.05, 4.69) is 11.3 Å². The van der Waals surface area contributed by atoms with E-state index in [0.717, 1.165) is 6.08 Å². The van der Waals surface area contributed by atoms with Crippen LogP contribution in [0.1, 0.15) is 6.92 Å². The molecule has 0 amide bonds. The zero-order valence-electron chi connectivity index (χ0n) is 5.70. The molecule has 4 heteroatoms. The van der Waals surface area contributed by atoms with E-state index in [1.807, 2.05) is 0 Å². The monoisotopic (exact) mass is 146 g/mol. The molecule has 0 aromatic carbocycles. The number of aliphatic hydroxyl groups is 2. The van der Waals surface area contributed by atoms with E-state index in [0.29, 0.717) is 0 Å². The van der Waals surface area contributed by atoms with Crippen LogP contribution in [0.4, 0.5) is 0 Å². The smallest absolute Gasteiger partial charge is 0.332 e. The summed E-state index contributed by atoms with van der Waals surface area (Å²) in [6.45, 7) is 3.65. The van der Waals surface area contributed by atoms with Crippen molar-refractivity contribution in [1.29, 1.82) is 0 Å². The first kappa shape index (κ1) is 9.13. The van der Waals surface area contributed by atoms with Crippen LogP contribution in [0.25, 0.3) is 0 Å². The second-order valence-electron chi connectivity index (χ2n) is 1.96. The van der Waals surface area contributed by atoms with Crippen LogP contribution in [0.3, 0.4) is 0 Å². The summed E-state index contributed by atoms with van der Waals surface area (Å²) in [6.07, 6.45) is 0.907. The average Bonchev–Trinajstić information content (AvgIpc) is 1.87. The van der Waals surface area contributed by atoms with Crippen LogP contribution in [0.2, 0.25) is 0 Å². The first-order valence-corrected chi connectivity index (χ1v) is 2.70. The van der Waals surface area contributed by atoms with E-state index >= 15 is 0 Å². The molecule has 0 heterocycles. The van der Waals surface area contributed by atoms with E-state index in [1.54, 1.807) is 0 Å². The molecule has 0 aliphatic carbocycles. The van der Waals surface area contributed by atoms with Gasteiger partial charge in [0.05, 0.1) is 0 Å². The Balaban J connectivity index is 3.87. The lowest BCUT2D eigenvalue weighted by molar-refractivity contribution is -0.209. The fourth-order valence-corrected chi connectivity index (χ4v) is 0.291. The fourth-order valence-electron chi connectivity index (χ4n) is 0.291. The second-order valence-corrected chi connectivity index (χ2v) is 1.96. The maximum absolute atomic E-state index is 10.4. The summed E-state index contributed by atoms with van der Waals surface area (Å²) in [5, 5.41) is 17.3. The second kappa shape index (κ2) is 3.34. The third-order valence-corrected chi connectivity index (χ3v) is 0.781. The van der Waals surface area contributed by atoms with Gasteiger partial charge in [0.1, 0.15) is 6.61 Å². The van der Waals surface area contributed by atoms with Gasteiger partial charge in [0.15, 0.2) is 0 Å². The maximum atomic E-state index is 10.4. The van der Waals surface area contributed by atoms with Crippen molar-refractivity contribution in [3.63, 3.8) is 0 Å². The standard InChI is InChI=1S/C6H10O4/c1-3-5(8)10-6(2,9)4-7/h3,7,9H,1,4H2,2H3. The summed E-state index contributed by atoms with van der Waals surface area (Å²) in [6, 6.07) is 0. The van der Waals surface area contributed by atoms with Gasteiger partial charge in [0.25, 0.3) is 0 Å². The molecule has 0 aromatic rings. The van der Waals surface area contributed by atoms with Crippen molar-refractivity contribution < 1.29 is 19.7 Å². The normalized spacial score (nSPS) is 15.5. The van der Waals surface area contributed by atoms with Crippen LogP contribution in [-0.2, 0) is 9.53 Å². The Hall–Kier alpha value is -0.870. The Labute approximate surface area is 58.7 Å². The lowest BCUT2D eigenvalue weighted by Crippen LogP contribution is -2.34. The molecule has 0 saturated heterocycles. The summed E-state index contributed by atoms with van der Waals surface area (Å²) in [5.74, 6) is -2.57. The Bertz CT molecular complexity index is 139. The maximum Gasteiger partial charge on any atom is 0.332 e. The Morgan fingerprint density at radius 3 is 2.70 bits per heavy atom. The largest absolute Gasteiger partial charge is 0.428 e. The lowest BCUT2D eigenvalue weighted by atomic mass is 10.3. The molecule has 0 bridgehead atoms. The molecule has 10 heavy (non-hydrogen) atoms. The summed E-state index contributed by atoms with van der Waals surface area (Å²) < 4.78 is 4.28. The van der Waals surface area contributed by atoms with Crippen LogP contribution >= 0.6 is 0 Å². The molecule has 1 atom stereocenters. The van der Waals surface area contributed by atoms with Gasteiger partial charge in [-0.15, -0.1) is 0 Å². The van der Waals surface area contributed by atoms with Gasteiger partial charge >= 0.3 is 5.97 Å². The minimum absolute atomic E-state index is 0.632. The van der Waals surface area contributed by atoms with Crippen LogP contribution in [0, 0.1) is 0 Å². The third-order valence-electron chi connectivity index (χ3n) is 0.781. The predicted octanol–water partition coefficient (Wildman–Crippen LogP) is -0.584. The van der Waals surface area contributed by atoms with Gasteiger partial charge in [-0.25, -0.2) is 4.79 Å². The predicted molar refractivity (Wildman–Crippen MR) is 34.0 cm³/mol. The van der Waals surface area contributed by atoms with Crippen LogP contribution < -0.4 is 0 Å². The zero-order chi connectivity index (χ0) is 8.20. The van der Waals surface area contributed by atoms with Gasteiger partial charge < -0.3 is 14.9 Å². The first-order chi connectivity index (χ1) is 4.52. The molecular weight excluding hydrogens is 136 g/mol. The van der Waals surface area contributed by atoms with Crippen LogP contribution in [0.15, 0.2) is 12.7 Å². The Morgan fingerprint density at radius 2 is 2.40 bits per heavy atom. The lowest BCUT2D eigenvalue weighted by Gasteiger charge is -2.19. The van der Waals surface area contributed by atoms with Crippen LogP contribution in [-0.4, -0.2) is 28.6 Å². The van der Waals surface area contributed by atoms with Crippen molar-refractivity contribution in [3.05, 3.63) is 12.7 Å².